The lowest BCUT2D eigenvalue weighted by Gasteiger charge is -2.44. The Labute approximate surface area is 473 Å². The summed E-state index contributed by atoms with van der Waals surface area (Å²) in [6, 6.07) is 0. The van der Waals surface area contributed by atoms with Crippen molar-refractivity contribution in [2.45, 2.75) is 220 Å². The van der Waals surface area contributed by atoms with E-state index in [2.05, 4.69) is 132 Å². The summed E-state index contributed by atoms with van der Waals surface area (Å²) in [4.78, 5) is 24.8. The zero-order valence-electron chi connectivity index (χ0n) is 48.5. The second kappa shape index (κ2) is 27.7. The highest BCUT2D eigenvalue weighted by Crippen LogP contribution is 2.61. The summed E-state index contributed by atoms with van der Waals surface area (Å²) in [5, 5.41) is 67.2. The first-order chi connectivity index (χ1) is 36.8. The molecule has 1 aromatic heterocycles. The SMILES string of the molecule is C=C1/C(=C\C=C2/CCCC3(C)C2CC[C@@H]3[C@H](C)/C=C/C2(C(C)C)CC2)C[C@@H](O)C[C@@H]1O.C=C1/C(=C\C=C2/CCCC3(C)C2CC[C@@H]3[C@H](C)/C=C/[C@@H](C)C2(O)CCCC2)C[C@@H](O)C[C@@H]1O.O=C(O)CCC(=O)O.S=c1[nH]cc[nH]1. The molecular weight excluding hydrogens is 997 g/mol. The van der Waals surface area contributed by atoms with Crippen LogP contribution in [0.1, 0.15) is 190 Å². The van der Waals surface area contributed by atoms with Gasteiger partial charge in [0.1, 0.15) is 0 Å². The van der Waals surface area contributed by atoms with Gasteiger partial charge in [-0.3, -0.25) is 9.59 Å². The second-order valence-electron chi connectivity index (χ2n) is 26.0. The quantitative estimate of drug-likeness (QED) is 0.0675. The van der Waals surface area contributed by atoms with Crippen LogP contribution in [0.3, 0.4) is 0 Å². The molecule has 1 heterocycles. The third-order valence-electron chi connectivity index (χ3n) is 20.7. The van der Waals surface area contributed by atoms with Crippen LogP contribution >= 0.6 is 12.2 Å². The summed E-state index contributed by atoms with van der Waals surface area (Å²) in [5.74, 6) is 2.73. The Morgan fingerprint density at radius 3 is 1.46 bits per heavy atom. The van der Waals surface area contributed by atoms with Gasteiger partial charge in [-0.05, 0) is 195 Å². The number of nitrogens with one attached hydrogen (secondary N) is 2. The lowest BCUT2D eigenvalue weighted by molar-refractivity contribution is -0.143. The van der Waals surface area contributed by atoms with Crippen molar-refractivity contribution in [1.82, 2.24) is 9.97 Å². The van der Waals surface area contributed by atoms with Gasteiger partial charge in [0, 0.05) is 31.2 Å². The molecule has 434 valence electrons. The van der Waals surface area contributed by atoms with E-state index in [0.717, 1.165) is 66.2 Å². The number of carboxylic acid groups (broad SMARTS) is 2. The number of aromatic amines is 2. The first-order valence-electron chi connectivity index (χ1n) is 30.0. The largest absolute Gasteiger partial charge is 0.481 e. The number of hydrogen-bond acceptors (Lipinski definition) is 8. The molecule has 0 bridgehead atoms. The molecule has 8 aliphatic rings. The molecule has 9 rings (SSSR count). The fourth-order valence-corrected chi connectivity index (χ4v) is 15.5. The van der Waals surface area contributed by atoms with Crippen molar-refractivity contribution in [3.05, 3.63) is 112 Å². The van der Waals surface area contributed by atoms with Crippen molar-refractivity contribution in [2.75, 3.05) is 0 Å². The third-order valence-corrected chi connectivity index (χ3v) is 20.9. The van der Waals surface area contributed by atoms with Crippen molar-refractivity contribution in [3.63, 3.8) is 0 Å². The van der Waals surface area contributed by atoms with E-state index in [4.69, 9.17) is 10.2 Å². The van der Waals surface area contributed by atoms with Crippen LogP contribution in [0.5, 0.6) is 0 Å². The Morgan fingerprint density at radius 1 is 0.641 bits per heavy atom. The number of aromatic nitrogens is 2. The standard InChI is InChI=1S/C30H46O3.C29H44O2.C4H6O4.C3H4N2S/c1-20(9-10-21(2)30(33)16-5-6-17-30)26-13-14-27-23(8-7-15-29(26,27)4)11-12-24-18-25(31)19-28(32)22(24)3;1-19(2)29(15-16-29)14-12-20(3)25-10-11-26-22(7-6-13-28(25,26)5)8-9-23-17-24(30)18-27(31)21(23)4;5-3(6)1-2-4(7)8;6-3-4-1-2-5-3/h9-12,20-21,25-28,31-33H,3,5-8,13-19H2,1-2,4H3;8-9,12,14,19-20,24-27,30-31H,4,6-7,10-11,13,15-18H2,1-3,5H3;1-2H2,(H,5,6)(H,7,8);1-2H,(H2,4,5,6)/b10-9+,23-11+,24-12-;14-12+,22-8+,23-9-;;/t20-,21-,25-,26-,27?,28+,29?;20-,24-,25-,26?,27+,28?;;/m11../s1. The van der Waals surface area contributed by atoms with Gasteiger partial charge in [-0.2, -0.15) is 0 Å². The van der Waals surface area contributed by atoms with E-state index in [1.54, 1.807) is 23.5 Å². The number of carbonyl (C=O) groups is 2. The molecule has 0 radical (unpaired) electrons. The van der Waals surface area contributed by atoms with Crippen molar-refractivity contribution in [3.8, 4) is 0 Å². The minimum absolute atomic E-state index is 0.232. The molecule has 1 aromatic rings. The maximum Gasteiger partial charge on any atom is 0.303 e. The number of aliphatic hydroxyl groups is 5. The van der Waals surface area contributed by atoms with Gasteiger partial charge >= 0.3 is 11.9 Å². The zero-order chi connectivity index (χ0) is 57.2. The number of allylic oxidation sites excluding steroid dienone is 9. The van der Waals surface area contributed by atoms with E-state index in [1.807, 2.05) is 0 Å². The van der Waals surface area contributed by atoms with Crippen LogP contribution in [-0.4, -0.2) is 87.7 Å². The van der Waals surface area contributed by atoms with E-state index in [0.29, 0.717) is 76.3 Å². The van der Waals surface area contributed by atoms with Gasteiger partial charge in [-0.1, -0.05) is 134 Å². The number of imidazole rings is 1. The predicted molar refractivity (Wildman–Crippen MR) is 316 cm³/mol. The van der Waals surface area contributed by atoms with Crippen LogP contribution in [-0.2, 0) is 9.59 Å². The summed E-state index contributed by atoms with van der Waals surface area (Å²) in [6.07, 6.45) is 41.1. The molecular formula is C66H100N2O9S. The second-order valence-corrected chi connectivity index (χ2v) is 26.4. The van der Waals surface area contributed by atoms with Crippen LogP contribution in [0, 0.1) is 68.4 Å². The highest BCUT2D eigenvalue weighted by atomic mass is 32.1. The summed E-state index contributed by atoms with van der Waals surface area (Å²) in [7, 11) is 0. The number of hydrogen-bond donors (Lipinski definition) is 9. The number of aliphatic carboxylic acids is 2. The fourth-order valence-electron chi connectivity index (χ4n) is 15.4. The van der Waals surface area contributed by atoms with Crippen LogP contribution in [0.4, 0.5) is 0 Å². The maximum atomic E-state index is 10.9. The minimum Gasteiger partial charge on any atom is -0.481 e. The van der Waals surface area contributed by atoms with Crippen molar-refractivity contribution < 1.29 is 45.3 Å². The molecule has 11 nitrogen and oxygen atoms in total. The smallest absolute Gasteiger partial charge is 0.303 e. The molecule has 0 aromatic carbocycles. The summed E-state index contributed by atoms with van der Waals surface area (Å²) in [6.45, 7) is 25.0. The number of H-pyrrole nitrogens is 2. The lowest BCUT2D eigenvalue weighted by atomic mass is 9.61. The average molecular weight is 1100 g/mol. The Morgan fingerprint density at radius 2 is 1.08 bits per heavy atom. The van der Waals surface area contributed by atoms with Crippen LogP contribution in [0.2, 0.25) is 0 Å². The normalized spacial score (nSPS) is 35.3. The summed E-state index contributed by atoms with van der Waals surface area (Å²) >= 11 is 4.63. The minimum atomic E-state index is -1.08. The number of carboxylic acids is 2. The van der Waals surface area contributed by atoms with Gasteiger partial charge in [-0.15, -0.1) is 0 Å². The Balaban J connectivity index is 0.000000202. The van der Waals surface area contributed by atoms with Gasteiger partial charge < -0.3 is 45.7 Å². The molecule has 78 heavy (non-hydrogen) atoms. The van der Waals surface area contributed by atoms with Crippen LogP contribution in [0.15, 0.2) is 108 Å². The van der Waals surface area contributed by atoms with Gasteiger partial charge in [0.25, 0.3) is 0 Å². The van der Waals surface area contributed by atoms with E-state index < -0.39 is 42.0 Å². The molecule has 8 fully saturated rings. The summed E-state index contributed by atoms with van der Waals surface area (Å²) < 4.78 is 0.676. The molecule has 9 N–H and O–H groups in total. The van der Waals surface area contributed by atoms with Crippen molar-refractivity contribution in [2.24, 2.45) is 63.6 Å². The molecule has 4 unspecified atom stereocenters. The molecule has 0 aliphatic heterocycles. The topological polar surface area (TPSA) is 207 Å². The molecule has 0 saturated heterocycles. The first-order valence-corrected chi connectivity index (χ1v) is 30.4. The van der Waals surface area contributed by atoms with Gasteiger partial charge in [0.15, 0.2) is 4.77 Å². The van der Waals surface area contributed by atoms with Gasteiger partial charge in [-0.25, -0.2) is 0 Å². The molecule has 13 atom stereocenters. The van der Waals surface area contributed by atoms with Crippen molar-refractivity contribution >= 4 is 24.2 Å². The molecule has 12 heteroatoms. The zero-order valence-corrected chi connectivity index (χ0v) is 49.3. The highest BCUT2D eigenvalue weighted by Gasteiger charge is 2.52. The van der Waals surface area contributed by atoms with E-state index in [1.165, 1.54) is 70.6 Å². The predicted octanol–water partition coefficient (Wildman–Crippen LogP) is 14.0. The Bertz CT molecular complexity index is 2430. The highest BCUT2D eigenvalue weighted by molar-refractivity contribution is 7.71. The van der Waals surface area contributed by atoms with E-state index in [9.17, 15) is 35.1 Å². The van der Waals surface area contributed by atoms with E-state index in [-0.39, 0.29) is 18.8 Å². The Hall–Kier alpha value is -3.91. The molecule has 0 spiro atoms. The Kier molecular flexibility index (Phi) is 22.5. The summed E-state index contributed by atoms with van der Waals surface area (Å²) in [5.41, 5.74) is 7.46. The third kappa shape index (κ3) is 16.0. The van der Waals surface area contributed by atoms with Crippen LogP contribution < -0.4 is 0 Å². The molecule has 8 saturated carbocycles. The average Bonchev–Trinajstić information content (AvgIpc) is 3.81. The maximum absolute atomic E-state index is 10.9. The fraction of sp³-hybridized carbons (Fsp3) is 0.682. The number of fused-ring (bicyclic) bond motifs is 2. The van der Waals surface area contributed by atoms with E-state index >= 15 is 0 Å². The first kappa shape index (κ1) is 63.3. The molecule has 0 amide bonds. The monoisotopic (exact) mass is 1100 g/mol. The van der Waals surface area contributed by atoms with Gasteiger partial charge in [0.05, 0.1) is 42.9 Å². The van der Waals surface area contributed by atoms with Crippen LogP contribution in [0.25, 0.3) is 0 Å². The lowest BCUT2D eigenvalue weighted by Crippen LogP contribution is -2.36. The number of rotatable bonds is 13. The molecule has 8 aliphatic carbocycles. The van der Waals surface area contributed by atoms with Crippen molar-refractivity contribution in [1.29, 1.82) is 0 Å². The van der Waals surface area contributed by atoms with Gasteiger partial charge in [0.2, 0.25) is 0 Å². The number of aliphatic hydroxyl groups excluding tert-OH is 4.